The predicted molar refractivity (Wildman–Crippen MR) is 81.7 cm³/mol. The first kappa shape index (κ1) is 12.7. The fourth-order valence-electron chi connectivity index (χ4n) is 2.11. The largest absolute Gasteiger partial charge is 0.377 e. The lowest BCUT2D eigenvalue weighted by Crippen LogP contribution is -2.02. The van der Waals surface area contributed by atoms with E-state index in [1.165, 1.54) is 5.39 Å². The number of anilines is 1. The molecular weight excluding hydrogens is 248 g/mol. The predicted octanol–water partition coefficient (Wildman–Crippen LogP) is 3.62. The second-order valence-electron chi connectivity index (χ2n) is 5.15. The summed E-state index contributed by atoms with van der Waals surface area (Å²) < 4.78 is 1.94. The first-order chi connectivity index (χ1) is 9.72. The number of aromatic nitrogens is 3. The number of nitrogens with one attached hydrogen (secondary N) is 1. The Labute approximate surface area is 118 Å². The van der Waals surface area contributed by atoms with Crippen molar-refractivity contribution in [3.8, 4) is 0 Å². The number of para-hydroxylation sites is 1. The van der Waals surface area contributed by atoms with Gasteiger partial charge in [-0.3, -0.25) is 9.67 Å². The van der Waals surface area contributed by atoms with E-state index in [0.717, 1.165) is 16.9 Å². The molecule has 4 heteroatoms. The van der Waals surface area contributed by atoms with E-state index in [1.807, 2.05) is 35.3 Å². The van der Waals surface area contributed by atoms with E-state index in [1.54, 1.807) is 0 Å². The summed E-state index contributed by atoms with van der Waals surface area (Å²) in [5, 5.41) is 8.84. The Morgan fingerprint density at radius 2 is 2.00 bits per heavy atom. The summed E-state index contributed by atoms with van der Waals surface area (Å²) in [5.74, 6) is 0. The maximum atomic E-state index is 4.64. The summed E-state index contributed by atoms with van der Waals surface area (Å²) in [7, 11) is 0. The van der Waals surface area contributed by atoms with E-state index in [0.29, 0.717) is 12.6 Å². The maximum Gasteiger partial charge on any atom is 0.0729 e. The molecule has 0 aliphatic rings. The molecule has 0 saturated carbocycles. The van der Waals surface area contributed by atoms with Crippen LogP contribution >= 0.6 is 0 Å². The monoisotopic (exact) mass is 266 g/mol. The van der Waals surface area contributed by atoms with E-state index >= 15 is 0 Å². The molecule has 3 aromatic rings. The number of hydrogen-bond acceptors (Lipinski definition) is 3. The Balaban J connectivity index is 1.72. The Morgan fingerprint density at radius 1 is 1.15 bits per heavy atom. The van der Waals surface area contributed by atoms with E-state index in [4.69, 9.17) is 0 Å². The van der Waals surface area contributed by atoms with Crippen LogP contribution < -0.4 is 5.32 Å². The van der Waals surface area contributed by atoms with Gasteiger partial charge in [0.2, 0.25) is 0 Å². The van der Waals surface area contributed by atoms with Crippen LogP contribution in [0.25, 0.3) is 10.9 Å². The lowest BCUT2D eigenvalue weighted by atomic mass is 10.2. The van der Waals surface area contributed by atoms with E-state index in [9.17, 15) is 0 Å². The number of rotatable bonds is 4. The SMILES string of the molecule is CC(C)n1cc(NCc2ccc3ccccc3n2)cn1. The molecule has 2 heterocycles. The lowest BCUT2D eigenvalue weighted by molar-refractivity contribution is 0.532. The summed E-state index contributed by atoms with van der Waals surface area (Å²) in [6.07, 6.45) is 3.87. The normalized spacial score (nSPS) is 11.2. The van der Waals surface area contributed by atoms with Gasteiger partial charge in [0.25, 0.3) is 0 Å². The standard InChI is InChI=1S/C16H18N4/c1-12(2)20-11-15(10-18-20)17-9-14-8-7-13-5-3-4-6-16(13)19-14/h3-8,10-12,17H,9H2,1-2H3. The minimum atomic E-state index is 0.379. The van der Waals surface area contributed by atoms with Gasteiger partial charge in [0, 0.05) is 17.6 Å². The minimum absolute atomic E-state index is 0.379. The molecule has 0 aliphatic heterocycles. The molecule has 1 N–H and O–H groups in total. The van der Waals surface area contributed by atoms with Crippen LogP contribution in [0.5, 0.6) is 0 Å². The number of hydrogen-bond donors (Lipinski definition) is 1. The second-order valence-corrected chi connectivity index (χ2v) is 5.15. The third-order valence-corrected chi connectivity index (χ3v) is 3.26. The molecule has 0 saturated heterocycles. The van der Waals surface area contributed by atoms with E-state index in [-0.39, 0.29) is 0 Å². The lowest BCUT2D eigenvalue weighted by Gasteiger charge is -2.05. The third-order valence-electron chi connectivity index (χ3n) is 3.26. The van der Waals surface area contributed by atoms with Gasteiger partial charge in [-0.15, -0.1) is 0 Å². The van der Waals surface area contributed by atoms with Crippen molar-refractivity contribution in [2.24, 2.45) is 0 Å². The Kier molecular flexibility index (Phi) is 3.37. The summed E-state index contributed by atoms with van der Waals surface area (Å²) in [6, 6.07) is 12.7. The van der Waals surface area contributed by atoms with Gasteiger partial charge in [0.1, 0.15) is 0 Å². The first-order valence-corrected chi connectivity index (χ1v) is 6.85. The Morgan fingerprint density at radius 3 is 2.80 bits per heavy atom. The Bertz CT molecular complexity index is 715. The van der Waals surface area contributed by atoms with Gasteiger partial charge in [-0.25, -0.2) is 0 Å². The highest BCUT2D eigenvalue weighted by Crippen LogP contribution is 2.14. The number of fused-ring (bicyclic) bond motifs is 1. The minimum Gasteiger partial charge on any atom is -0.377 e. The van der Waals surface area contributed by atoms with Crippen molar-refractivity contribution in [2.45, 2.75) is 26.4 Å². The Hall–Kier alpha value is -2.36. The van der Waals surface area contributed by atoms with Crippen molar-refractivity contribution in [3.05, 3.63) is 54.5 Å². The van der Waals surface area contributed by atoms with Crippen LogP contribution in [0.3, 0.4) is 0 Å². The fourth-order valence-corrected chi connectivity index (χ4v) is 2.11. The quantitative estimate of drug-likeness (QED) is 0.784. The van der Waals surface area contributed by atoms with Gasteiger partial charge >= 0.3 is 0 Å². The fraction of sp³-hybridized carbons (Fsp3) is 0.250. The molecular formula is C16H18N4. The molecule has 4 nitrogen and oxygen atoms in total. The van der Waals surface area contributed by atoms with E-state index in [2.05, 4.69) is 47.4 Å². The highest BCUT2D eigenvalue weighted by Gasteiger charge is 2.02. The topological polar surface area (TPSA) is 42.7 Å². The van der Waals surface area contributed by atoms with Gasteiger partial charge in [0.15, 0.2) is 0 Å². The zero-order valence-electron chi connectivity index (χ0n) is 11.7. The van der Waals surface area contributed by atoms with Crippen LogP contribution in [0, 0.1) is 0 Å². The first-order valence-electron chi connectivity index (χ1n) is 6.85. The van der Waals surface area contributed by atoms with Gasteiger partial charge < -0.3 is 5.32 Å². The van der Waals surface area contributed by atoms with Crippen molar-refractivity contribution in [1.82, 2.24) is 14.8 Å². The second kappa shape index (κ2) is 5.33. The average molecular weight is 266 g/mol. The third kappa shape index (κ3) is 2.64. The summed E-state index contributed by atoms with van der Waals surface area (Å²) in [5.41, 5.74) is 3.08. The molecule has 2 aromatic heterocycles. The molecule has 0 fully saturated rings. The van der Waals surface area contributed by atoms with Gasteiger partial charge in [0.05, 0.1) is 29.6 Å². The van der Waals surface area contributed by atoms with Crippen LogP contribution in [0.1, 0.15) is 25.6 Å². The van der Waals surface area contributed by atoms with Crippen molar-refractivity contribution in [1.29, 1.82) is 0 Å². The molecule has 3 rings (SSSR count). The molecule has 0 radical (unpaired) electrons. The molecule has 0 amide bonds. The molecule has 1 aromatic carbocycles. The van der Waals surface area contributed by atoms with Crippen molar-refractivity contribution < 1.29 is 0 Å². The maximum absolute atomic E-state index is 4.64. The molecule has 0 bridgehead atoms. The van der Waals surface area contributed by atoms with Crippen LogP contribution in [0.15, 0.2) is 48.8 Å². The van der Waals surface area contributed by atoms with Crippen molar-refractivity contribution in [3.63, 3.8) is 0 Å². The van der Waals surface area contributed by atoms with Gasteiger partial charge in [-0.05, 0) is 26.0 Å². The van der Waals surface area contributed by atoms with Crippen LogP contribution in [-0.4, -0.2) is 14.8 Å². The number of benzene rings is 1. The van der Waals surface area contributed by atoms with Crippen molar-refractivity contribution in [2.75, 3.05) is 5.32 Å². The highest BCUT2D eigenvalue weighted by molar-refractivity contribution is 5.78. The van der Waals surface area contributed by atoms with Gasteiger partial charge in [-0.1, -0.05) is 24.3 Å². The molecule has 0 atom stereocenters. The zero-order valence-corrected chi connectivity index (χ0v) is 11.7. The molecule has 102 valence electrons. The summed E-state index contributed by atoms with van der Waals surface area (Å²) in [6.45, 7) is 4.93. The van der Waals surface area contributed by atoms with Gasteiger partial charge in [-0.2, -0.15) is 5.10 Å². The molecule has 0 unspecified atom stereocenters. The smallest absolute Gasteiger partial charge is 0.0729 e. The number of pyridine rings is 1. The zero-order chi connectivity index (χ0) is 13.9. The highest BCUT2D eigenvalue weighted by atomic mass is 15.3. The van der Waals surface area contributed by atoms with Crippen LogP contribution in [0.2, 0.25) is 0 Å². The van der Waals surface area contributed by atoms with E-state index < -0.39 is 0 Å². The molecule has 20 heavy (non-hydrogen) atoms. The molecule has 0 aliphatic carbocycles. The van der Waals surface area contributed by atoms with Crippen LogP contribution in [0.4, 0.5) is 5.69 Å². The van der Waals surface area contributed by atoms with Crippen LogP contribution in [-0.2, 0) is 6.54 Å². The average Bonchev–Trinajstić information content (AvgIpc) is 2.94. The number of nitrogens with zero attached hydrogens (tertiary/aromatic N) is 3. The summed E-state index contributed by atoms with van der Waals surface area (Å²) in [4.78, 5) is 4.64. The summed E-state index contributed by atoms with van der Waals surface area (Å²) >= 11 is 0. The van der Waals surface area contributed by atoms with Crippen molar-refractivity contribution >= 4 is 16.6 Å². The molecule has 0 spiro atoms.